The summed E-state index contributed by atoms with van der Waals surface area (Å²) in [5.74, 6) is 1.13. The van der Waals surface area contributed by atoms with Crippen molar-refractivity contribution in [3.05, 3.63) is 18.5 Å². The number of nitrogens with one attached hydrogen (secondary N) is 1. The molecule has 1 N–H and O–H groups in total. The van der Waals surface area contributed by atoms with Crippen LogP contribution >= 0.6 is 0 Å². The second-order valence-electron chi connectivity index (χ2n) is 5.60. The molecule has 2 heterocycles. The zero-order valence-electron chi connectivity index (χ0n) is 11.3. The Morgan fingerprint density at radius 3 is 2.79 bits per heavy atom. The summed E-state index contributed by atoms with van der Waals surface area (Å²) >= 11 is 0. The molecule has 1 atom stereocenters. The molecule has 1 spiro atoms. The Hall–Kier alpha value is -1.20. The molecule has 104 valence electrons. The first-order chi connectivity index (χ1) is 9.26. The molecule has 1 saturated heterocycles. The van der Waals surface area contributed by atoms with Crippen LogP contribution < -0.4 is 5.32 Å². The molecule has 1 saturated carbocycles. The molecule has 1 aliphatic heterocycles. The highest BCUT2D eigenvalue weighted by atomic mass is 16.7. The van der Waals surface area contributed by atoms with Gasteiger partial charge in [-0.3, -0.25) is 0 Å². The van der Waals surface area contributed by atoms with Gasteiger partial charge in [-0.25, -0.2) is 9.97 Å². The number of ether oxygens (including phenoxy) is 2. The second-order valence-corrected chi connectivity index (χ2v) is 5.60. The Labute approximate surface area is 113 Å². The molecule has 0 aromatic carbocycles. The number of hydrogen-bond acceptors (Lipinski definition) is 5. The standard InChI is InChI=1S/C14H21N3O2/c1-11-3-5-14(6-4-11)18-10-12(19-14)9-17-13-15-7-2-8-16-13/h2,7-8,11-12H,3-6,9-10H2,1H3,(H,15,16,17)/t11?,12-,14?/m1/s1. The van der Waals surface area contributed by atoms with Crippen molar-refractivity contribution in [2.75, 3.05) is 18.5 Å². The third-order valence-electron chi connectivity index (χ3n) is 4.00. The molecule has 2 aliphatic rings. The van der Waals surface area contributed by atoms with E-state index in [2.05, 4.69) is 22.2 Å². The third-order valence-corrected chi connectivity index (χ3v) is 4.00. The molecular formula is C14H21N3O2. The van der Waals surface area contributed by atoms with E-state index in [1.165, 1.54) is 12.8 Å². The molecule has 19 heavy (non-hydrogen) atoms. The number of hydrogen-bond donors (Lipinski definition) is 1. The van der Waals surface area contributed by atoms with Gasteiger partial charge >= 0.3 is 0 Å². The first-order valence-corrected chi connectivity index (χ1v) is 7.08. The quantitative estimate of drug-likeness (QED) is 0.906. The average molecular weight is 263 g/mol. The average Bonchev–Trinajstić information content (AvgIpc) is 2.85. The van der Waals surface area contributed by atoms with Gasteiger partial charge < -0.3 is 14.8 Å². The first kappa shape index (κ1) is 12.8. The Morgan fingerprint density at radius 1 is 1.32 bits per heavy atom. The molecular weight excluding hydrogens is 242 g/mol. The maximum Gasteiger partial charge on any atom is 0.222 e. The van der Waals surface area contributed by atoms with Gasteiger partial charge in [0.2, 0.25) is 5.95 Å². The van der Waals surface area contributed by atoms with Crippen molar-refractivity contribution in [1.82, 2.24) is 9.97 Å². The lowest BCUT2D eigenvalue weighted by Crippen LogP contribution is -2.36. The largest absolute Gasteiger partial charge is 0.352 e. The summed E-state index contributed by atoms with van der Waals surface area (Å²) in [6.07, 6.45) is 7.98. The topological polar surface area (TPSA) is 56.3 Å². The maximum atomic E-state index is 6.12. The fourth-order valence-electron chi connectivity index (χ4n) is 2.78. The van der Waals surface area contributed by atoms with Crippen LogP contribution in [0, 0.1) is 5.92 Å². The van der Waals surface area contributed by atoms with E-state index in [1.54, 1.807) is 18.5 Å². The van der Waals surface area contributed by atoms with Crippen molar-refractivity contribution in [3.63, 3.8) is 0 Å². The minimum atomic E-state index is -0.309. The summed E-state index contributed by atoms with van der Waals surface area (Å²) < 4.78 is 12.0. The van der Waals surface area contributed by atoms with E-state index < -0.39 is 0 Å². The number of aromatic nitrogens is 2. The van der Waals surface area contributed by atoms with Gasteiger partial charge in [0.15, 0.2) is 5.79 Å². The van der Waals surface area contributed by atoms with E-state index in [-0.39, 0.29) is 11.9 Å². The zero-order chi connectivity index (χ0) is 13.1. The van der Waals surface area contributed by atoms with Crippen molar-refractivity contribution >= 4 is 5.95 Å². The molecule has 5 heteroatoms. The zero-order valence-corrected chi connectivity index (χ0v) is 11.3. The number of nitrogens with zero attached hydrogens (tertiary/aromatic N) is 2. The van der Waals surface area contributed by atoms with E-state index in [0.29, 0.717) is 19.1 Å². The number of rotatable bonds is 3. The van der Waals surface area contributed by atoms with Crippen LogP contribution in [0.1, 0.15) is 32.6 Å². The highest BCUT2D eigenvalue weighted by Gasteiger charge is 2.43. The van der Waals surface area contributed by atoms with Gasteiger partial charge in [-0.15, -0.1) is 0 Å². The van der Waals surface area contributed by atoms with Gasteiger partial charge in [-0.2, -0.15) is 0 Å². The fraction of sp³-hybridized carbons (Fsp3) is 0.714. The molecule has 1 aromatic rings. The summed E-state index contributed by atoms with van der Waals surface area (Å²) in [6, 6.07) is 1.80. The first-order valence-electron chi connectivity index (χ1n) is 7.08. The Balaban J connectivity index is 1.49. The minimum Gasteiger partial charge on any atom is -0.352 e. The highest BCUT2D eigenvalue weighted by Crippen LogP contribution is 2.39. The molecule has 0 unspecified atom stereocenters. The van der Waals surface area contributed by atoms with Gasteiger partial charge in [-0.05, 0) is 24.8 Å². The Morgan fingerprint density at radius 2 is 2.05 bits per heavy atom. The van der Waals surface area contributed by atoms with E-state index in [9.17, 15) is 0 Å². The monoisotopic (exact) mass is 263 g/mol. The van der Waals surface area contributed by atoms with Crippen molar-refractivity contribution in [2.45, 2.75) is 44.5 Å². The predicted molar refractivity (Wildman–Crippen MR) is 71.7 cm³/mol. The fourth-order valence-corrected chi connectivity index (χ4v) is 2.78. The van der Waals surface area contributed by atoms with Crippen LogP contribution in [0.5, 0.6) is 0 Å². The molecule has 1 aromatic heterocycles. The normalized spacial score (nSPS) is 34.6. The third kappa shape index (κ3) is 3.04. The van der Waals surface area contributed by atoms with Crippen LogP contribution in [0.3, 0.4) is 0 Å². The minimum absolute atomic E-state index is 0.0946. The van der Waals surface area contributed by atoms with Gasteiger partial charge in [0.1, 0.15) is 6.10 Å². The number of anilines is 1. The van der Waals surface area contributed by atoms with Crippen LogP contribution in [-0.4, -0.2) is 35.0 Å². The highest BCUT2D eigenvalue weighted by molar-refractivity contribution is 5.22. The van der Waals surface area contributed by atoms with Crippen LogP contribution in [0.2, 0.25) is 0 Å². The van der Waals surface area contributed by atoms with Gasteiger partial charge in [0.25, 0.3) is 0 Å². The van der Waals surface area contributed by atoms with Gasteiger partial charge in [0.05, 0.1) is 6.61 Å². The smallest absolute Gasteiger partial charge is 0.222 e. The van der Waals surface area contributed by atoms with Crippen LogP contribution in [0.4, 0.5) is 5.95 Å². The van der Waals surface area contributed by atoms with Gasteiger partial charge in [-0.1, -0.05) is 6.92 Å². The lowest BCUT2D eigenvalue weighted by atomic mass is 9.86. The lowest BCUT2D eigenvalue weighted by Gasteiger charge is -2.34. The van der Waals surface area contributed by atoms with E-state index >= 15 is 0 Å². The summed E-state index contributed by atoms with van der Waals surface area (Å²) in [4.78, 5) is 8.27. The SMILES string of the molecule is CC1CCC2(CC1)OC[C@@H](CNc1ncccn1)O2. The molecule has 0 radical (unpaired) electrons. The Kier molecular flexibility index (Phi) is 3.66. The second kappa shape index (κ2) is 5.43. The molecule has 5 nitrogen and oxygen atoms in total. The molecule has 0 bridgehead atoms. The lowest BCUT2D eigenvalue weighted by molar-refractivity contribution is -0.190. The van der Waals surface area contributed by atoms with E-state index in [0.717, 1.165) is 18.8 Å². The Bertz CT molecular complexity index is 404. The van der Waals surface area contributed by atoms with Crippen LogP contribution in [0.15, 0.2) is 18.5 Å². The molecule has 2 fully saturated rings. The van der Waals surface area contributed by atoms with Crippen molar-refractivity contribution < 1.29 is 9.47 Å². The van der Waals surface area contributed by atoms with Gasteiger partial charge in [0, 0.05) is 31.8 Å². The van der Waals surface area contributed by atoms with E-state index in [1.807, 2.05) is 0 Å². The van der Waals surface area contributed by atoms with Crippen LogP contribution in [-0.2, 0) is 9.47 Å². The van der Waals surface area contributed by atoms with Crippen molar-refractivity contribution in [2.24, 2.45) is 5.92 Å². The van der Waals surface area contributed by atoms with E-state index in [4.69, 9.17) is 9.47 Å². The summed E-state index contributed by atoms with van der Waals surface area (Å²) in [7, 11) is 0. The molecule has 1 aliphatic carbocycles. The molecule has 3 rings (SSSR count). The maximum absolute atomic E-state index is 6.12. The summed E-state index contributed by atoms with van der Waals surface area (Å²) in [5, 5.41) is 3.19. The summed E-state index contributed by atoms with van der Waals surface area (Å²) in [6.45, 7) is 3.66. The predicted octanol–water partition coefficient (Wildman–Crippen LogP) is 2.21. The van der Waals surface area contributed by atoms with Crippen molar-refractivity contribution in [3.8, 4) is 0 Å². The molecule has 0 amide bonds. The van der Waals surface area contributed by atoms with Crippen molar-refractivity contribution in [1.29, 1.82) is 0 Å². The van der Waals surface area contributed by atoms with Crippen LogP contribution in [0.25, 0.3) is 0 Å². The summed E-state index contributed by atoms with van der Waals surface area (Å²) in [5.41, 5.74) is 0.